The van der Waals surface area contributed by atoms with E-state index in [2.05, 4.69) is 17.6 Å². The molecule has 18 heavy (non-hydrogen) atoms. The summed E-state index contributed by atoms with van der Waals surface area (Å²) in [5.74, 6) is 0.0320. The zero-order chi connectivity index (χ0) is 14.6. The summed E-state index contributed by atoms with van der Waals surface area (Å²) in [6.07, 6.45) is 0.858. The quantitative estimate of drug-likeness (QED) is 0.767. The highest BCUT2D eigenvalue weighted by molar-refractivity contribution is 5.81. The molecule has 0 bridgehead atoms. The fraction of sp³-hybridized carbons (Fsp3) is 0.929. The molecule has 2 N–H and O–H groups in total. The number of methoxy groups -OCH3 is 1. The Morgan fingerprint density at radius 2 is 1.67 bits per heavy atom. The molecule has 0 saturated heterocycles. The molecule has 2 unspecified atom stereocenters. The van der Waals surface area contributed by atoms with Gasteiger partial charge in [-0.15, -0.1) is 0 Å². The van der Waals surface area contributed by atoms with E-state index in [-0.39, 0.29) is 29.1 Å². The molecule has 0 aromatic rings. The van der Waals surface area contributed by atoms with Crippen LogP contribution < -0.4 is 10.6 Å². The van der Waals surface area contributed by atoms with Crippen molar-refractivity contribution in [2.45, 2.75) is 78.1 Å². The van der Waals surface area contributed by atoms with E-state index in [1.807, 2.05) is 41.5 Å². The van der Waals surface area contributed by atoms with Gasteiger partial charge in [0.15, 0.2) is 0 Å². The van der Waals surface area contributed by atoms with Crippen LogP contribution in [0.3, 0.4) is 0 Å². The Bertz CT molecular complexity index is 269. The lowest BCUT2D eigenvalue weighted by atomic mass is 9.99. The van der Waals surface area contributed by atoms with Gasteiger partial charge in [-0.05, 0) is 54.9 Å². The van der Waals surface area contributed by atoms with Gasteiger partial charge in [0.05, 0.1) is 11.6 Å². The average molecular weight is 258 g/mol. The van der Waals surface area contributed by atoms with E-state index in [1.165, 1.54) is 0 Å². The van der Waals surface area contributed by atoms with Crippen LogP contribution in [-0.2, 0) is 9.53 Å². The molecule has 4 heteroatoms. The summed E-state index contributed by atoms with van der Waals surface area (Å²) in [7, 11) is 1.71. The topological polar surface area (TPSA) is 50.4 Å². The van der Waals surface area contributed by atoms with Gasteiger partial charge in [0.2, 0.25) is 5.91 Å². The fourth-order valence-electron chi connectivity index (χ4n) is 1.86. The second-order valence-electron chi connectivity index (χ2n) is 6.70. The molecule has 0 aromatic heterocycles. The van der Waals surface area contributed by atoms with Gasteiger partial charge in [-0.1, -0.05) is 0 Å². The van der Waals surface area contributed by atoms with Crippen molar-refractivity contribution in [3.8, 4) is 0 Å². The number of amides is 1. The van der Waals surface area contributed by atoms with Crippen molar-refractivity contribution in [2.24, 2.45) is 0 Å². The lowest BCUT2D eigenvalue weighted by molar-refractivity contribution is -0.124. The summed E-state index contributed by atoms with van der Waals surface area (Å²) in [5.41, 5.74) is -0.366. The first-order valence-electron chi connectivity index (χ1n) is 6.60. The minimum Gasteiger partial charge on any atom is -0.379 e. The summed E-state index contributed by atoms with van der Waals surface area (Å²) in [4.78, 5) is 11.9. The van der Waals surface area contributed by atoms with Crippen LogP contribution in [0.4, 0.5) is 0 Å². The van der Waals surface area contributed by atoms with Crippen LogP contribution in [0.1, 0.15) is 54.9 Å². The number of hydrogen-bond donors (Lipinski definition) is 2. The standard InChI is InChI=1S/C14H30N2O2/c1-10(9-14(6,7)18-8)15-11(2)12(17)16-13(3,4)5/h10-11,15H,9H2,1-8H3,(H,16,17). The van der Waals surface area contributed by atoms with E-state index >= 15 is 0 Å². The fourth-order valence-corrected chi connectivity index (χ4v) is 1.86. The smallest absolute Gasteiger partial charge is 0.237 e. The van der Waals surface area contributed by atoms with Crippen LogP contribution in [0, 0.1) is 0 Å². The van der Waals surface area contributed by atoms with Gasteiger partial charge in [0.25, 0.3) is 0 Å². The van der Waals surface area contributed by atoms with E-state index in [0.717, 1.165) is 6.42 Å². The second kappa shape index (κ2) is 6.53. The van der Waals surface area contributed by atoms with Crippen molar-refractivity contribution in [3.63, 3.8) is 0 Å². The Labute approximate surface area is 112 Å². The molecular weight excluding hydrogens is 228 g/mol. The number of rotatable bonds is 6. The first-order chi connectivity index (χ1) is 7.97. The second-order valence-corrected chi connectivity index (χ2v) is 6.70. The molecule has 2 atom stereocenters. The lowest BCUT2D eigenvalue weighted by Crippen LogP contribution is -2.52. The van der Waals surface area contributed by atoms with Gasteiger partial charge in [-0.3, -0.25) is 4.79 Å². The molecule has 0 aliphatic rings. The molecule has 4 nitrogen and oxygen atoms in total. The van der Waals surface area contributed by atoms with E-state index in [4.69, 9.17) is 4.74 Å². The Hall–Kier alpha value is -0.610. The first kappa shape index (κ1) is 17.4. The maximum absolute atomic E-state index is 11.9. The zero-order valence-electron chi connectivity index (χ0n) is 13.2. The third-order valence-corrected chi connectivity index (χ3v) is 2.78. The molecule has 0 radical (unpaired) electrons. The van der Waals surface area contributed by atoms with Gasteiger partial charge in [0.1, 0.15) is 0 Å². The minimum atomic E-state index is -0.202. The Morgan fingerprint density at radius 3 is 2.06 bits per heavy atom. The van der Waals surface area contributed by atoms with Crippen LogP contribution in [-0.4, -0.2) is 36.2 Å². The maximum atomic E-state index is 11.9. The van der Waals surface area contributed by atoms with Gasteiger partial charge in [-0.2, -0.15) is 0 Å². The molecule has 1 amide bonds. The van der Waals surface area contributed by atoms with Crippen LogP contribution in [0.2, 0.25) is 0 Å². The lowest BCUT2D eigenvalue weighted by Gasteiger charge is -2.30. The number of carbonyl (C=O) groups excluding carboxylic acids is 1. The summed E-state index contributed by atoms with van der Waals surface area (Å²) < 4.78 is 5.39. The zero-order valence-corrected chi connectivity index (χ0v) is 13.2. The third-order valence-electron chi connectivity index (χ3n) is 2.78. The monoisotopic (exact) mass is 258 g/mol. The van der Waals surface area contributed by atoms with Gasteiger partial charge < -0.3 is 15.4 Å². The molecule has 0 aliphatic carbocycles. The molecule has 108 valence electrons. The number of carbonyl (C=O) groups is 1. The molecular formula is C14H30N2O2. The SMILES string of the molecule is COC(C)(C)CC(C)NC(C)C(=O)NC(C)(C)C. The third kappa shape index (κ3) is 7.67. The summed E-state index contributed by atoms with van der Waals surface area (Å²) >= 11 is 0. The Morgan fingerprint density at radius 1 is 1.17 bits per heavy atom. The molecule has 0 fully saturated rings. The Balaban J connectivity index is 4.23. The Kier molecular flexibility index (Phi) is 6.30. The molecule has 0 aliphatic heterocycles. The predicted molar refractivity (Wildman–Crippen MR) is 75.7 cm³/mol. The first-order valence-corrected chi connectivity index (χ1v) is 6.60. The maximum Gasteiger partial charge on any atom is 0.237 e. The average Bonchev–Trinajstić information content (AvgIpc) is 2.13. The molecule has 0 spiro atoms. The largest absolute Gasteiger partial charge is 0.379 e. The number of nitrogens with one attached hydrogen (secondary N) is 2. The van der Waals surface area contributed by atoms with Crippen molar-refractivity contribution in [3.05, 3.63) is 0 Å². The van der Waals surface area contributed by atoms with Crippen LogP contribution in [0.15, 0.2) is 0 Å². The van der Waals surface area contributed by atoms with Crippen molar-refractivity contribution in [2.75, 3.05) is 7.11 Å². The number of ether oxygens (including phenoxy) is 1. The van der Waals surface area contributed by atoms with Gasteiger partial charge in [0, 0.05) is 18.7 Å². The highest BCUT2D eigenvalue weighted by Gasteiger charge is 2.24. The minimum absolute atomic E-state index is 0.0320. The highest BCUT2D eigenvalue weighted by atomic mass is 16.5. The van der Waals surface area contributed by atoms with Crippen LogP contribution in [0.5, 0.6) is 0 Å². The van der Waals surface area contributed by atoms with Gasteiger partial charge in [-0.25, -0.2) is 0 Å². The summed E-state index contributed by atoms with van der Waals surface area (Å²) in [6.45, 7) is 14.0. The van der Waals surface area contributed by atoms with Crippen molar-refractivity contribution >= 4 is 5.91 Å². The van der Waals surface area contributed by atoms with Crippen LogP contribution >= 0.6 is 0 Å². The normalized spacial score (nSPS) is 16.2. The van der Waals surface area contributed by atoms with E-state index < -0.39 is 0 Å². The molecule has 0 saturated carbocycles. The predicted octanol–water partition coefficient (Wildman–Crippen LogP) is 2.08. The van der Waals surface area contributed by atoms with E-state index in [1.54, 1.807) is 7.11 Å². The summed E-state index contributed by atoms with van der Waals surface area (Å²) in [5, 5.41) is 6.27. The summed E-state index contributed by atoms with van der Waals surface area (Å²) in [6, 6.07) is 0.0209. The van der Waals surface area contributed by atoms with Crippen LogP contribution in [0.25, 0.3) is 0 Å². The molecule has 0 rings (SSSR count). The molecule has 0 aromatic carbocycles. The van der Waals surface area contributed by atoms with Crippen molar-refractivity contribution < 1.29 is 9.53 Å². The molecule has 0 heterocycles. The van der Waals surface area contributed by atoms with Gasteiger partial charge >= 0.3 is 0 Å². The highest BCUT2D eigenvalue weighted by Crippen LogP contribution is 2.15. The van der Waals surface area contributed by atoms with Crippen molar-refractivity contribution in [1.82, 2.24) is 10.6 Å². The van der Waals surface area contributed by atoms with E-state index in [0.29, 0.717) is 0 Å². The van der Waals surface area contributed by atoms with Crippen molar-refractivity contribution in [1.29, 1.82) is 0 Å². The number of hydrogen-bond acceptors (Lipinski definition) is 3. The van der Waals surface area contributed by atoms with E-state index in [9.17, 15) is 4.79 Å².